The van der Waals surface area contributed by atoms with Crippen LogP contribution in [0.15, 0.2) is 6.20 Å². The zero-order chi connectivity index (χ0) is 8.39. The smallest absolute Gasteiger partial charge is 0.156 e. The van der Waals surface area contributed by atoms with Crippen LogP contribution in [0.5, 0.6) is 0 Å². The lowest BCUT2D eigenvalue weighted by Gasteiger charge is -2.22. The SMILES string of the molecule is CNc1cnnc(C2CCC2)n1. The Labute approximate surface area is 71.4 Å². The molecule has 1 saturated carbocycles. The van der Waals surface area contributed by atoms with E-state index in [1.807, 2.05) is 7.05 Å². The number of nitrogens with zero attached hydrogens (tertiary/aromatic N) is 3. The Kier molecular flexibility index (Phi) is 1.89. The van der Waals surface area contributed by atoms with Gasteiger partial charge in [0.2, 0.25) is 0 Å². The second-order valence-electron chi connectivity index (χ2n) is 3.08. The number of anilines is 1. The van der Waals surface area contributed by atoms with Crippen molar-refractivity contribution in [1.82, 2.24) is 15.2 Å². The predicted molar refractivity (Wildman–Crippen MR) is 46.0 cm³/mol. The van der Waals surface area contributed by atoms with Crippen LogP contribution in [0.2, 0.25) is 0 Å². The van der Waals surface area contributed by atoms with Crippen LogP contribution in [0.3, 0.4) is 0 Å². The molecule has 0 atom stereocenters. The van der Waals surface area contributed by atoms with E-state index in [9.17, 15) is 0 Å². The van der Waals surface area contributed by atoms with E-state index in [0.717, 1.165) is 11.6 Å². The standard InChI is InChI=1S/C8H12N4/c1-9-7-5-10-12-8(11-7)6-3-2-4-6/h5-6H,2-4H2,1H3,(H,9,11,12). The van der Waals surface area contributed by atoms with E-state index in [2.05, 4.69) is 20.5 Å². The van der Waals surface area contributed by atoms with Gasteiger partial charge in [0.1, 0.15) is 5.82 Å². The van der Waals surface area contributed by atoms with Crippen molar-refractivity contribution in [3.05, 3.63) is 12.0 Å². The molecule has 0 saturated heterocycles. The summed E-state index contributed by atoms with van der Waals surface area (Å²) in [4.78, 5) is 4.33. The maximum absolute atomic E-state index is 4.33. The highest BCUT2D eigenvalue weighted by Gasteiger charge is 2.22. The summed E-state index contributed by atoms with van der Waals surface area (Å²) in [5.74, 6) is 2.27. The molecule has 0 spiro atoms. The molecule has 1 fully saturated rings. The Balaban J connectivity index is 2.19. The number of rotatable bonds is 2. The highest BCUT2D eigenvalue weighted by molar-refractivity contribution is 5.29. The van der Waals surface area contributed by atoms with Crippen molar-refractivity contribution in [1.29, 1.82) is 0 Å². The van der Waals surface area contributed by atoms with Gasteiger partial charge in [0.15, 0.2) is 5.82 Å². The van der Waals surface area contributed by atoms with Gasteiger partial charge in [-0.1, -0.05) is 6.42 Å². The van der Waals surface area contributed by atoms with Gasteiger partial charge in [-0.2, -0.15) is 5.10 Å². The van der Waals surface area contributed by atoms with E-state index in [-0.39, 0.29) is 0 Å². The zero-order valence-electron chi connectivity index (χ0n) is 7.12. The van der Waals surface area contributed by atoms with Crippen LogP contribution in [0, 0.1) is 0 Å². The third kappa shape index (κ3) is 1.24. The number of hydrogen-bond acceptors (Lipinski definition) is 4. The van der Waals surface area contributed by atoms with Crippen LogP contribution in [-0.4, -0.2) is 22.2 Å². The summed E-state index contributed by atoms with van der Waals surface area (Å²) >= 11 is 0. The minimum atomic E-state index is 0.561. The molecule has 1 aliphatic carbocycles. The van der Waals surface area contributed by atoms with Crippen molar-refractivity contribution in [2.45, 2.75) is 25.2 Å². The Bertz CT molecular complexity index is 270. The van der Waals surface area contributed by atoms with Gasteiger partial charge >= 0.3 is 0 Å². The van der Waals surface area contributed by atoms with E-state index >= 15 is 0 Å². The van der Waals surface area contributed by atoms with Crippen molar-refractivity contribution in [3.8, 4) is 0 Å². The van der Waals surface area contributed by atoms with E-state index in [1.165, 1.54) is 19.3 Å². The summed E-state index contributed by atoms with van der Waals surface area (Å²) in [6.45, 7) is 0. The Morgan fingerprint density at radius 1 is 1.50 bits per heavy atom. The lowest BCUT2D eigenvalue weighted by Crippen LogP contribution is -2.14. The van der Waals surface area contributed by atoms with Gasteiger partial charge in [0.05, 0.1) is 6.20 Å². The van der Waals surface area contributed by atoms with Gasteiger partial charge < -0.3 is 5.32 Å². The van der Waals surface area contributed by atoms with Gasteiger partial charge in [-0.25, -0.2) is 4.98 Å². The molecule has 1 N–H and O–H groups in total. The molecule has 2 rings (SSSR count). The molecule has 0 unspecified atom stereocenters. The second-order valence-corrected chi connectivity index (χ2v) is 3.08. The average molecular weight is 164 g/mol. The van der Waals surface area contributed by atoms with Gasteiger partial charge in [-0.15, -0.1) is 5.10 Å². The molecular weight excluding hydrogens is 152 g/mol. The largest absolute Gasteiger partial charge is 0.372 e. The Hall–Kier alpha value is -1.19. The normalized spacial score (nSPS) is 17.1. The van der Waals surface area contributed by atoms with Crippen molar-refractivity contribution in [2.75, 3.05) is 12.4 Å². The zero-order valence-corrected chi connectivity index (χ0v) is 7.12. The molecule has 4 heteroatoms. The molecule has 1 aliphatic rings. The maximum atomic E-state index is 4.33. The third-order valence-corrected chi connectivity index (χ3v) is 2.30. The first-order chi connectivity index (χ1) is 5.90. The molecule has 1 aromatic rings. The highest BCUT2D eigenvalue weighted by atomic mass is 15.2. The quantitative estimate of drug-likeness (QED) is 0.713. The molecule has 0 radical (unpaired) electrons. The fraction of sp³-hybridized carbons (Fsp3) is 0.625. The minimum Gasteiger partial charge on any atom is -0.372 e. The molecule has 0 bridgehead atoms. The molecule has 1 aromatic heterocycles. The molecule has 1 heterocycles. The summed E-state index contributed by atoms with van der Waals surface area (Å²) in [5.41, 5.74) is 0. The van der Waals surface area contributed by atoms with Crippen molar-refractivity contribution in [3.63, 3.8) is 0 Å². The van der Waals surface area contributed by atoms with Crippen molar-refractivity contribution >= 4 is 5.82 Å². The van der Waals surface area contributed by atoms with Crippen LogP contribution >= 0.6 is 0 Å². The first-order valence-corrected chi connectivity index (χ1v) is 4.27. The number of nitrogens with one attached hydrogen (secondary N) is 1. The van der Waals surface area contributed by atoms with Gasteiger partial charge in [0, 0.05) is 13.0 Å². The fourth-order valence-corrected chi connectivity index (χ4v) is 1.28. The van der Waals surface area contributed by atoms with Crippen LogP contribution < -0.4 is 5.32 Å². The summed E-state index contributed by atoms with van der Waals surface area (Å²) in [5, 5.41) is 10.8. The van der Waals surface area contributed by atoms with Crippen LogP contribution in [0.4, 0.5) is 5.82 Å². The van der Waals surface area contributed by atoms with Crippen LogP contribution in [0.25, 0.3) is 0 Å². The fourth-order valence-electron chi connectivity index (χ4n) is 1.28. The predicted octanol–water partition coefficient (Wildman–Crippen LogP) is 1.18. The van der Waals surface area contributed by atoms with E-state index in [1.54, 1.807) is 6.20 Å². The first-order valence-electron chi connectivity index (χ1n) is 4.27. The highest BCUT2D eigenvalue weighted by Crippen LogP contribution is 2.33. The summed E-state index contributed by atoms with van der Waals surface area (Å²) in [6.07, 6.45) is 5.38. The van der Waals surface area contributed by atoms with Crippen LogP contribution in [-0.2, 0) is 0 Å². The van der Waals surface area contributed by atoms with Gasteiger partial charge in [0.25, 0.3) is 0 Å². The van der Waals surface area contributed by atoms with Gasteiger partial charge in [-0.3, -0.25) is 0 Å². The summed E-state index contributed by atoms with van der Waals surface area (Å²) in [6, 6.07) is 0. The van der Waals surface area contributed by atoms with E-state index < -0.39 is 0 Å². The lowest BCUT2D eigenvalue weighted by molar-refractivity contribution is 0.398. The first kappa shape index (κ1) is 7.46. The number of hydrogen-bond donors (Lipinski definition) is 1. The maximum Gasteiger partial charge on any atom is 0.156 e. The topological polar surface area (TPSA) is 50.7 Å². The summed E-state index contributed by atoms with van der Waals surface area (Å²) < 4.78 is 0. The van der Waals surface area contributed by atoms with Gasteiger partial charge in [-0.05, 0) is 12.8 Å². The lowest BCUT2D eigenvalue weighted by atomic mass is 9.85. The third-order valence-electron chi connectivity index (χ3n) is 2.30. The molecule has 64 valence electrons. The van der Waals surface area contributed by atoms with Crippen molar-refractivity contribution in [2.24, 2.45) is 0 Å². The van der Waals surface area contributed by atoms with E-state index in [0.29, 0.717) is 5.92 Å². The van der Waals surface area contributed by atoms with Crippen LogP contribution in [0.1, 0.15) is 31.0 Å². The summed E-state index contributed by atoms with van der Waals surface area (Å²) in [7, 11) is 1.84. The average Bonchev–Trinajstić information content (AvgIpc) is 2.02. The minimum absolute atomic E-state index is 0.561. The monoisotopic (exact) mass is 164 g/mol. The molecule has 0 aromatic carbocycles. The Morgan fingerprint density at radius 3 is 2.92 bits per heavy atom. The number of aromatic nitrogens is 3. The Morgan fingerprint density at radius 2 is 2.33 bits per heavy atom. The molecule has 0 amide bonds. The molecular formula is C8H12N4. The second kappa shape index (κ2) is 3.05. The molecule has 4 nitrogen and oxygen atoms in total. The van der Waals surface area contributed by atoms with Crippen molar-refractivity contribution < 1.29 is 0 Å². The molecule has 0 aliphatic heterocycles. The molecule has 12 heavy (non-hydrogen) atoms. The van der Waals surface area contributed by atoms with E-state index in [4.69, 9.17) is 0 Å².